The van der Waals surface area contributed by atoms with Gasteiger partial charge in [-0.25, -0.2) is 0 Å². The molecule has 2 heterocycles. The molecule has 4 nitrogen and oxygen atoms in total. The van der Waals surface area contributed by atoms with E-state index in [1.807, 2.05) is 29.2 Å². The third kappa shape index (κ3) is 6.65. The number of aryl methyl sites for hydroxylation is 1. The van der Waals surface area contributed by atoms with Crippen LogP contribution in [0.15, 0.2) is 85.3 Å². The molecule has 0 atom stereocenters. The van der Waals surface area contributed by atoms with Crippen molar-refractivity contribution in [3.8, 4) is 22.4 Å². The molecule has 0 aliphatic carbocycles. The number of hydrogen-bond acceptors (Lipinski definition) is 4. The summed E-state index contributed by atoms with van der Waals surface area (Å²) in [4.78, 5) is 5.22. The lowest BCUT2D eigenvalue weighted by Gasteiger charge is -2.11. The Bertz CT molecular complexity index is 1140. The average molecular weight is 455 g/mol. The van der Waals surface area contributed by atoms with E-state index in [1.165, 1.54) is 42.4 Å². The first-order valence-electron chi connectivity index (χ1n) is 11.8. The lowest BCUT2D eigenvalue weighted by molar-refractivity contribution is 0.515. The predicted octanol–water partition coefficient (Wildman–Crippen LogP) is 7.16. The minimum atomic E-state index is 0.882. The van der Waals surface area contributed by atoms with Gasteiger partial charge in [0.1, 0.15) is 5.69 Å². The van der Waals surface area contributed by atoms with E-state index >= 15 is 0 Å². The number of benzene rings is 2. The molecule has 168 valence electrons. The summed E-state index contributed by atoms with van der Waals surface area (Å²) in [5.74, 6) is 0. The number of nitrogens with zero attached hydrogens (tertiary/aromatic N) is 4. The van der Waals surface area contributed by atoms with Crippen molar-refractivity contribution in [2.24, 2.45) is 0 Å². The van der Waals surface area contributed by atoms with Crippen molar-refractivity contribution < 1.29 is 0 Å². The Morgan fingerprint density at radius 3 is 2.30 bits per heavy atom. The van der Waals surface area contributed by atoms with Crippen LogP contribution < -0.4 is 0 Å². The summed E-state index contributed by atoms with van der Waals surface area (Å²) in [7, 11) is 0. The fourth-order valence-corrected chi connectivity index (χ4v) is 4.37. The normalized spacial score (nSPS) is 10.9. The van der Waals surface area contributed by atoms with Crippen LogP contribution >= 0.6 is 12.2 Å². The van der Waals surface area contributed by atoms with Crippen LogP contribution in [0.2, 0.25) is 0 Å². The number of hydrogen-bond donors (Lipinski definition) is 0. The Morgan fingerprint density at radius 1 is 0.758 bits per heavy atom. The first-order chi connectivity index (χ1) is 16.3. The number of thiocarbonyl (C=S) groups is 1. The van der Waals surface area contributed by atoms with Crippen LogP contribution in [0.25, 0.3) is 22.4 Å². The molecule has 0 saturated carbocycles. The molecule has 0 spiro atoms. The molecule has 0 radical (unpaired) electrons. The lowest BCUT2D eigenvalue weighted by Crippen LogP contribution is -2.00. The SMILES string of the molecule is S=C(CCCCCCCCn1cc(-c2cccnc2)nn1)c1ccccc1-c1ccccc1. The Morgan fingerprint density at radius 2 is 1.48 bits per heavy atom. The average Bonchev–Trinajstić information content (AvgIpc) is 3.35. The standard InChI is InChI=1S/C28H30N4S/c33-28(26-17-10-9-16-25(26)23-13-6-5-7-14-23)18-8-3-1-2-4-11-20-32-22-27(30-31-32)24-15-12-19-29-21-24/h5-7,9-10,12-17,19,21-22H,1-4,8,11,18,20H2. The molecule has 0 amide bonds. The second-order valence-electron chi connectivity index (χ2n) is 8.31. The van der Waals surface area contributed by atoms with Gasteiger partial charge in [-0.2, -0.15) is 0 Å². The minimum absolute atomic E-state index is 0.882. The molecule has 33 heavy (non-hydrogen) atoms. The first kappa shape index (κ1) is 23.0. The third-order valence-corrected chi connectivity index (χ3v) is 6.27. The topological polar surface area (TPSA) is 43.6 Å². The van der Waals surface area contributed by atoms with Crippen LogP contribution in [0, 0.1) is 0 Å². The highest BCUT2D eigenvalue weighted by Crippen LogP contribution is 2.25. The van der Waals surface area contributed by atoms with Gasteiger partial charge in [0.2, 0.25) is 0 Å². The Kier molecular flexibility index (Phi) is 8.48. The van der Waals surface area contributed by atoms with Gasteiger partial charge in [-0.3, -0.25) is 9.67 Å². The Labute approximate surface area is 201 Å². The van der Waals surface area contributed by atoms with E-state index in [2.05, 4.69) is 69.9 Å². The molecule has 2 aromatic carbocycles. The zero-order valence-electron chi connectivity index (χ0n) is 18.9. The second kappa shape index (κ2) is 12.2. The van der Waals surface area contributed by atoms with E-state index in [1.54, 1.807) is 6.20 Å². The van der Waals surface area contributed by atoms with Gasteiger partial charge in [0.25, 0.3) is 0 Å². The number of rotatable bonds is 12. The van der Waals surface area contributed by atoms with Crippen LogP contribution in [-0.2, 0) is 6.54 Å². The van der Waals surface area contributed by atoms with Crippen molar-refractivity contribution >= 4 is 17.1 Å². The molecular weight excluding hydrogens is 424 g/mol. The van der Waals surface area contributed by atoms with E-state index < -0.39 is 0 Å². The molecule has 0 unspecified atom stereocenters. The summed E-state index contributed by atoms with van der Waals surface area (Å²) in [5, 5.41) is 8.50. The summed E-state index contributed by atoms with van der Waals surface area (Å²) in [6.45, 7) is 0.910. The first-order valence-corrected chi connectivity index (χ1v) is 12.2. The van der Waals surface area contributed by atoms with Crippen molar-refractivity contribution in [2.75, 3.05) is 0 Å². The fraction of sp³-hybridized carbons (Fsp3) is 0.286. The van der Waals surface area contributed by atoms with Crippen LogP contribution in [0.5, 0.6) is 0 Å². The Hall–Kier alpha value is -3.18. The molecule has 0 bridgehead atoms. The molecule has 0 aliphatic rings. The molecular formula is C28H30N4S. The highest BCUT2D eigenvalue weighted by molar-refractivity contribution is 7.80. The monoisotopic (exact) mass is 454 g/mol. The van der Waals surface area contributed by atoms with Gasteiger partial charge in [0, 0.05) is 29.4 Å². The van der Waals surface area contributed by atoms with Crippen molar-refractivity contribution in [1.82, 2.24) is 20.0 Å². The highest BCUT2D eigenvalue weighted by atomic mass is 32.1. The quantitative estimate of drug-likeness (QED) is 0.129. The van der Waals surface area contributed by atoms with E-state index in [-0.39, 0.29) is 0 Å². The molecule has 0 N–H and O–H groups in total. The fourth-order valence-electron chi connectivity index (χ4n) is 4.05. The van der Waals surface area contributed by atoms with Gasteiger partial charge in [-0.1, -0.05) is 97.7 Å². The zero-order valence-corrected chi connectivity index (χ0v) is 19.8. The van der Waals surface area contributed by atoms with Crippen LogP contribution in [0.3, 0.4) is 0 Å². The van der Waals surface area contributed by atoms with Crippen molar-refractivity contribution in [1.29, 1.82) is 0 Å². The molecule has 4 rings (SSSR count). The van der Waals surface area contributed by atoms with Crippen molar-refractivity contribution in [3.63, 3.8) is 0 Å². The van der Waals surface area contributed by atoms with Gasteiger partial charge in [0.15, 0.2) is 0 Å². The molecule has 0 saturated heterocycles. The summed E-state index contributed by atoms with van der Waals surface area (Å²) in [5.41, 5.74) is 5.57. The van der Waals surface area contributed by atoms with Gasteiger partial charge in [-0.05, 0) is 48.1 Å². The lowest BCUT2D eigenvalue weighted by atomic mass is 9.95. The minimum Gasteiger partial charge on any atom is -0.264 e. The van der Waals surface area contributed by atoms with Crippen molar-refractivity contribution in [3.05, 3.63) is 90.9 Å². The predicted molar refractivity (Wildman–Crippen MR) is 139 cm³/mol. The Balaban J connectivity index is 1.13. The summed E-state index contributed by atoms with van der Waals surface area (Å²) < 4.78 is 1.94. The summed E-state index contributed by atoms with van der Waals surface area (Å²) in [6.07, 6.45) is 13.8. The number of pyridine rings is 1. The maximum atomic E-state index is 5.80. The van der Waals surface area contributed by atoms with Crippen molar-refractivity contribution in [2.45, 2.75) is 51.5 Å². The molecule has 2 aromatic heterocycles. The smallest absolute Gasteiger partial charge is 0.114 e. The van der Waals surface area contributed by atoms with Crippen LogP contribution in [0.1, 0.15) is 50.5 Å². The van der Waals surface area contributed by atoms with Gasteiger partial charge in [-0.15, -0.1) is 5.10 Å². The molecule has 5 heteroatoms. The zero-order chi connectivity index (χ0) is 22.7. The van der Waals surface area contributed by atoms with Crippen LogP contribution in [-0.4, -0.2) is 24.8 Å². The van der Waals surface area contributed by atoms with E-state index in [4.69, 9.17) is 12.2 Å². The summed E-state index contributed by atoms with van der Waals surface area (Å²) >= 11 is 5.80. The highest BCUT2D eigenvalue weighted by Gasteiger charge is 2.09. The molecule has 0 aliphatic heterocycles. The van der Waals surface area contributed by atoms with E-state index in [0.29, 0.717) is 0 Å². The second-order valence-corrected chi connectivity index (χ2v) is 8.81. The third-order valence-electron chi connectivity index (χ3n) is 5.85. The van der Waals surface area contributed by atoms with E-state index in [9.17, 15) is 0 Å². The maximum absolute atomic E-state index is 5.80. The van der Waals surface area contributed by atoms with Gasteiger partial charge >= 0.3 is 0 Å². The molecule has 0 fully saturated rings. The number of unbranched alkanes of at least 4 members (excludes halogenated alkanes) is 5. The van der Waals surface area contributed by atoms with Gasteiger partial charge < -0.3 is 0 Å². The largest absolute Gasteiger partial charge is 0.264 e. The molecule has 4 aromatic rings. The summed E-state index contributed by atoms with van der Waals surface area (Å²) in [6, 6.07) is 23.0. The van der Waals surface area contributed by atoms with E-state index in [0.717, 1.165) is 41.9 Å². The maximum Gasteiger partial charge on any atom is 0.114 e. The van der Waals surface area contributed by atoms with Gasteiger partial charge in [0.05, 0.1) is 6.20 Å². The van der Waals surface area contributed by atoms with Crippen LogP contribution in [0.4, 0.5) is 0 Å². The number of aromatic nitrogens is 4.